The van der Waals surface area contributed by atoms with Gasteiger partial charge in [0.05, 0.1) is 28.8 Å². The summed E-state index contributed by atoms with van der Waals surface area (Å²) in [7, 11) is 1.53. The SMILES string of the molecule is COc1ccc(C(O)/C(=N\Nc2ccccc2)c2nc3ccc([N+](=O)[O-])cc3[nH]c2=O)cc1. The van der Waals surface area contributed by atoms with Gasteiger partial charge in [-0.2, -0.15) is 5.10 Å². The Labute approximate surface area is 187 Å². The fourth-order valence-corrected chi connectivity index (χ4v) is 3.19. The number of hydrogen-bond acceptors (Lipinski definition) is 8. The third-order valence-electron chi connectivity index (χ3n) is 4.90. The lowest BCUT2D eigenvalue weighted by Gasteiger charge is -2.15. The number of H-pyrrole nitrogens is 1. The number of aromatic amines is 1. The molecule has 10 heteroatoms. The average molecular weight is 445 g/mol. The van der Waals surface area contributed by atoms with Crippen molar-refractivity contribution in [1.82, 2.24) is 9.97 Å². The van der Waals surface area contributed by atoms with Gasteiger partial charge in [-0.25, -0.2) is 4.98 Å². The number of nitro groups is 1. The number of rotatable bonds is 7. The number of aromatic nitrogens is 2. The summed E-state index contributed by atoms with van der Waals surface area (Å²) in [6, 6.07) is 19.6. The van der Waals surface area contributed by atoms with Crippen LogP contribution in [0.25, 0.3) is 11.0 Å². The molecule has 0 aliphatic rings. The molecule has 0 aliphatic carbocycles. The second-order valence-electron chi connectivity index (χ2n) is 7.02. The number of methoxy groups -OCH3 is 1. The van der Waals surface area contributed by atoms with Gasteiger partial charge in [-0.15, -0.1) is 0 Å². The topological polar surface area (TPSA) is 143 Å². The van der Waals surface area contributed by atoms with Crippen molar-refractivity contribution >= 4 is 28.1 Å². The molecule has 1 heterocycles. The highest BCUT2D eigenvalue weighted by Gasteiger charge is 2.23. The predicted molar refractivity (Wildman–Crippen MR) is 124 cm³/mol. The molecule has 0 aliphatic heterocycles. The quantitative estimate of drug-likeness (QED) is 0.225. The maximum atomic E-state index is 12.9. The monoisotopic (exact) mass is 445 g/mol. The van der Waals surface area contributed by atoms with Crippen molar-refractivity contribution in [2.24, 2.45) is 5.10 Å². The van der Waals surface area contributed by atoms with Crippen LogP contribution in [0.2, 0.25) is 0 Å². The van der Waals surface area contributed by atoms with Crippen LogP contribution in [0.15, 0.2) is 82.7 Å². The van der Waals surface area contributed by atoms with E-state index < -0.39 is 16.6 Å². The zero-order valence-corrected chi connectivity index (χ0v) is 17.4. The summed E-state index contributed by atoms with van der Waals surface area (Å²) >= 11 is 0. The molecule has 3 aromatic carbocycles. The van der Waals surface area contributed by atoms with Gasteiger partial charge in [0.25, 0.3) is 11.2 Å². The molecule has 0 bridgehead atoms. The molecule has 0 amide bonds. The van der Waals surface area contributed by atoms with Crippen LogP contribution < -0.4 is 15.7 Å². The van der Waals surface area contributed by atoms with Crippen LogP contribution in [-0.4, -0.2) is 32.8 Å². The number of benzene rings is 3. The van der Waals surface area contributed by atoms with Gasteiger partial charge >= 0.3 is 0 Å². The highest BCUT2D eigenvalue weighted by Crippen LogP contribution is 2.22. The number of ether oxygens (including phenoxy) is 1. The minimum atomic E-state index is -1.30. The van der Waals surface area contributed by atoms with E-state index in [2.05, 4.69) is 20.5 Å². The third-order valence-corrected chi connectivity index (χ3v) is 4.90. The number of nitrogens with zero attached hydrogens (tertiary/aromatic N) is 3. The maximum absolute atomic E-state index is 12.9. The summed E-state index contributed by atoms with van der Waals surface area (Å²) in [5.41, 5.74) is 3.49. The molecule has 1 aromatic heterocycles. The number of para-hydroxylation sites is 1. The summed E-state index contributed by atoms with van der Waals surface area (Å²) in [5, 5.41) is 26.4. The lowest BCUT2D eigenvalue weighted by Crippen LogP contribution is -2.26. The average Bonchev–Trinajstić information content (AvgIpc) is 2.84. The molecule has 10 nitrogen and oxygen atoms in total. The van der Waals surface area contributed by atoms with Crippen molar-refractivity contribution in [3.63, 3.8) is 0 Å². The van der Waals surface area contributed by atoms with Crippen LogP contribution in [0.1, 0.15) is 17.4 Å². The van der Waals surface area contributed by atoms with Crippen molar-refractivity contribution in [1.29, 1.82) is 0 Å². The number of aliphatic hydroxyl groups is 1. The fraction of sp³-hybridized carbons (Fsp3) is 0.0870. The molecule has 3 N–H and O–H groups in total. The number of non-ortho nitro benzene ring substituents is 1. The fourth-order valence-electron chi connectivity index (χ4n) is 3.19. The van der Waals surface area contributed by atoms with Gasteiger partial charge < -0.3 is 14.8 Å². The Morgan fingerprint density at radius 3 is 2.55 bits per heavy atom. The molecule has 0 saturated heterocycles. The summed E-state index contributed by atoms with van der Waals surface area (Å²) < 4.78 is 5.15. The van der Waals surface area contributed by atoms with Crippen LogP contribution in [0.5, 0.6) is 5.75 Å². The van der Waals surface area contributed by atoms with Crippen LogP contribution in [0, 0.1) is 10.1 Å². The first kappa shape index (κ1) is 21.7. The first-order valence-electron chi connectivity index (χ1n) is 9.86. The van der Waals surface area contributed by atoms with Crippen molar-refractivity contribution in [2.75, 3.05) is 12.5 Å². The van der Waals surface area contributed by atoms with E-state index in [1.54, 1.807) is 36.4 Å². The number of hydrogen-bond donors (Lipinski definition) is 3. The molecule has 4 aromatic rings. The lowest BCUT2D eigenvalue weighted by atomic mass is 10.0. The Morgan fingerprint density at radius 1 is 1.15 bits per heavy atom. The summed E-state index contributed by atoms with van der Waals surface area (Å²) in [6.07, 6.45) is -1.30. The largest absolute Gasteiger partial charge is 0.497 e. The lowest BCUT2D eigenvalue weighted by molar-refractivity contribution is -0.384. The molecular formula is C23H19N5O5. The second-order valence-corrected chi connectivity index (χ2v) is 7.02. The van der Waals surface area contributed by atoms with Crippen molar-refractivity contribution in [3.05, 3.63) is 105 Å². The van der Waals surface area contributed by atoms with E-state index >= 15 is 0 Å². The van der Waals surface area contributed by atoms with E-state index in [1.807, 2.05) is 18.2 Å². The molecule has 4 rings (SSSR count). The minimum Gasteiger partial charge on any atom is -0.497 e. The molecule has 1 unspecified atom stereocenters. The van der Waals surface area contributed by atoms with Gasteiger partial charge in [0.15, 0.2) is 5.69 Å². The first-order chi connectivity index (χ1) is 16.0. The van der Waals surface area contributed by atoms with Gasteiger partial charge in [-0.3, -0.25) is 20.3 Å². The Kier molecular flexibility index (Phi) is 6.09. The summed E-state index contributed by atoms with van der Waals surface area (Å²) in [6.45, 7) is 0. The van der Waals surface area contributed by atoms with Crippen LogP contribution in [-0.2, 0) is 0 Å². The van der Waals surface area contributed by atoms with Gasteiger partial charge in [0, 0.05) is 12.1 Å². The number of aliphatic hydroxyl groups excluding tert-OH is 1. The van der Waals surface area contributed by atoms with Crippen molar-refractivity contribution in [2.45, 2.75) is 6.10 Å². The molecular weight excluding hydrogens is 426 g/mol. The third kappa shape index (κ3) is 4.70. The van der Waals surface area contributed by atoms with E-state index in [-0.39, 0.29) is 22.6 Å². The van der Waals surface area contributed by atoms with E-state index in [0.29, 0.717) is 22.5 Å². The van der Waals surface area contributed by atoms with Crippen LogP contribution in [0.3, 0.4) is 0 Å². The van der Waals surface area contributed by atoms with Crippen LogP contribution >= 0.6 is 0 Å². The van der Waals surface area contributed by atoms with Gasteiger partial charge in [0.1, 0.15) is 17.6 Å². The Morgan fingerprint density at radius 2 is 1.88 bits per heavy atom. The normalized spacial score (nSPS) is 12.4. The zero-order valence-electron chi connectivity index (χ0n) is 17.4. The number of nitro benzene ring substituents is 1. The van der Waals surface area contributed by atoms with Gasteiger partial charge in [-0.1, -0.05) is 30.3 Å². The highest BCUT2D eigenvalue weighted by atomic mass is 16.6. The van der Waals surface area contributed by atoms with Gasteiger partial charge in [-0.05, 0) is 35.9 Å². The Balaban J connectivity index is 1.81. The number of fused-ring (bicyclic) bond motifs is 1. The first-order valence-corrected chi connectivity index (χ1v) is 9.86. The van der Waals surface area contributed by atoms with E-state index in [4.69, 9.17) is 4.74 Å². The molecule has 166 valence electrons. The Bertz CT molecular complexity index is 1380. The molecule has 0 saturated carbocycles. The molecule has 1 atom stereocenters. The number of anilines is 1. The number of hydrazone groups is 1. The highest BCUT2D eigenvalue weighted by molar-refractivity contribution is 6.03. The van der Waals surface area contributed by atoms with Crippen molar-refractivity contribution in [3.8, 4) is 5.75 Å². The Hall–Kier alpha value is -4.57. The number of nitrogens with one attached hydrogen (secondary N) is 2. The molecule has 0 radical (unpaired) electrons. The summed E-state index contributed by atoms with van der Waals surface area (Å²) in [5.74, 6) is 0.607. The predicted octanol–water partition coefficient (Wildman–Crippen LogP) is 3.39. The smallest absolute Gasteiger partial charge is 0.276 e. The van der Waals surface area contributed by atoms with E-state index in [1.165, 1.54) is 25.3 Å². The zero-order chi connectivity index (χ0) is 23.4. The van der Waals surface area contributed by atoms with E-state index in [0.717, 1.165) is 0 Å². The molecule has 0 fully saturated rings. The molecule has 33 heavy (non-hydrogen) atoms. The second kappa shape index (κ2) is 9.28. The molecule has 0 spiro atoms. The van der Waals surface area contributed by atoms with Crippen molar-refractivity contribution < 1.29 is 14.8 Å². The van der Waals surface area contributed by atoms with Gasteiger partial charge in [0.2, 0.25) is 0 Å². The van der Waals surface area contributed by atoms with Crippen LogP contribution in [0.4, 0.5) is 11.4 Å². The van der Waals surface area contributed by atoms with E-state index in [9.17, 15) is 20.0 Å². The maximum Gasteiger partial charge on any atom is 0.276 e. The standard InChI is InChI=1S/C23H19N5O5/c1-33-17-10-7-14(8-11-17)22(29)20(27-26-15-5-3-2-4-6-15)21-23(30)25-19-13-16(28(31)32)9-12-18(19)24-21/h2-13,22,26,29H,1H3,(H,25,30)/b27-20-. The summed E-state index contributed by atoms with van der Waals surface area (Å²) in [4.78, 5) is 30.3. The minimum absolute atomic E-state index is 0.0227.